The van der Waals surface area contributed by atoms with E-state index in [1.165, 1.54) is 19.3 Å². The summed E-state index contributed by atoms with van der Waals surface area (Å²) in [5.74, 6) is 0.873. The number of carbonyl (C=O) groups excluding carboxylic acids is 1. The van der Waals surface area contributed by atoms with Gasteiger partial charge in [-0.15, -0.1) is 0 Å². The molecule has 0 aromatic rings. The summed E-state index contributed by atoms with van der Waals surface area (Å²) >= 11 is 0. The van der Waals surface area contributed by atoms with Crippen LogP contribution in [0.15, 0.2) is 0 Å². The first-order valence-electron chi connectivity index (χ1n) is 7.19. The van der Waals surface area contributed by atoms with Crippen LogP contribution in [0.3, 0.4) is 0 Å². The number of unbranched alkanes of at least 4 members (excludes halogenated alkanes) is 3. The molecule has 1 unspecified atom stereocenters. The highest BCUT2D eigenvalue weighted by Gasteiger charge is 2.59. The van der Waals surface area contributed by atoms with Gasteiger partial charge in [0.25, 0.3) is 0 Å². The average molecular weight is 238 g/mol. The number of hydrogen-bond donors (Lipinski definition) is 1. The number of carbonyl (C=O) groups is 1. The molecule has 98 valence electrons. The van der Waals surface area contributed by atoms with E-state index >= 15 is 0 Å². The maximum Gasteiger partial charge on any atom is 0.244 e. The van der Waals surface area contributed by atoms with Gasteiger partial charge in [0, 0.05) is 6.54 Å². The van der Waals surface area contributed by atoms with E-state index in [2.05, 4.69) is 31.0 Å². The molecule has 1 saturated carbocycles. The van der Waals surface area contributed by atoms with Crippen LogP contribution in [0.4, 0.5) is 0 Å². The summed E-state index contributed by atoms with van der Waals surface area (Å²) in [6.45, 7) is 7.56. The molecule has 1 aliphatic heterocycles. The Balaban J connectivity index is 1.90. The normalized spacial score (nSPS) is 26.2. The van der Waals surface area contributed by atoms with E-state index in [1.807, 2.05) is 0 Å². The lowest BCUT2D eigenvalue weighted by molar-refractivity contribution is -0.131. The molecule has 1 amide bonds. The molecule has 1 spiro atoms. The van der Waals surface area contributed by atoms with Gasteiger partial charge in [-0.1, -0.05) is 40.0 Å². The van der Waals surface area contributed by atoms with Crippen molar-refractivity contribution >= 4 is 5.91 Å². The number of amides is 1. The number of rotatable bonds is 6. The minimum atomic E-state index is -0.139. The van der Waals surface area contributed by atoms with E-state index in [9.17, 15) is 4.79 Å². The summed E-state index contributed by atoms with van der Waals surface area (Å²) in [5.41, 5.74) is -0.139. The van der Waals surface area contributed by atoms with Crippen molar-refractivity contribution in [3.05, 3.63) is 0 Å². The van der Waals surface area contributed by atoms with Crippen LogP contribution in [0.5, 0.6) is 0 Å². The fraction of sp³-hybridized carbons (Fsp3) is 0.929. The molecule has 1 atom stereocenters. The largest absolute Gasteiger partial charge is 0.325 e. The molecule has 1 saturated heterocycles. The topological polar surface area (TPSA) is 32.3 Å². The minimum Gasteiger partial charge on any atom is -0.325 e. The van der Waals surface area contributed by atoms with Crippen molar-refractivity contribution < 1.29 is 4.79 Å². The van der Waals surface area contributed by atoms with Crippen molar-refractivity contribution in [2.75, 3.05) is 6.54 Å². The molecule has 2 fully saturated rings. The van der Waals surface area contributed by atoms with Gasteiger partial charge in [-0.05, 0) is 25.2 Å². The van der Waals surface area contributed by atoms with E-state index in [0.29, 0.717) is 11.8 Å². The minimum absolute atomic E-state index is 0.139. The quantitative estimate of drug-likeness (QED) is 0.721. The zero-order valence-electron chi connectivity index (χ0n) is 11.5. The number of nitrogens with zero attached hydrogens (tertiary/aromatic N) is 1. The lowest BCUT2D eigenvalue weighted by Gasteiger charge is -2.27. The van der Waals surface area contributed by atoms with Gasteiger partial charge in [-0.3, -0.25) is 10.1 Å². The van der Waals surface area contributed by atoms with E-state index in [4.69, 9.17) is 0 Å². The molecule has 3 nitrogen and oxygen atoms in total. The Hall–Kier alpha value is -0.570. The van der Waals surface area contributed by atoms with Gasteiger partial charge in [0.05, 0.1) is 11.7 Å². The fourth-order valence-corrected chi connectivity index (χ4v) is 2.78. The Morgan fingerprint density at radius 2 is 2.06 bits per heavy atom. The standard InChI is InChI=1S/C14H26N2O/c1-4-5-6-7-10-16-12(11(2)3)15-14(8-9-14)13(16)17/h11-12,15H,4-10H2,1-3H3. The monoisotopic (exact) mass is 238 g/mol. The summed E-state index contributed by atoms with van der Waals surface area (Å²) in [4.78, 5) is 14.4. The molecule has 17 heavy (non-hydrogen) atoms. The highest BCUT2D eigenvalue weighted by molar-refractivity contribution is 5.91. The summed E-state index contributed by atoms with van der Waals surface area (Å²) in [6.07, 6.45) is 7.29. The van der Waals surface area contributed by atoms with Crippen molar-refractivity contribution in [1.29, 1.82) is 0 Å². The molecule has 0 aromatic carbocycles. The maximum atomic E-state index is 12.3. The van der Waals surface area contributed by atoms with Gasteiger partial charge in [0.2, 0.25) is 5.91 Å². The Morgan fingerprint density at radius 3 is 2.59 bits per heavy atom. The predicted molar refractivity (Wildman–Crippen MR) is 69.6 cm³/mol. The zero-order valence-corrected chi connectivity index (χ0v) is 11.5. The first kappa shape index (κ1) is 12.9. The van der Waals surface area contributed by atoms with Crippen molar-refractivity contribution in [3.63, 3.8) is 0 Å². The molecule has 0 bridgehead atoms. The maximum absolute atomic E-state index is 12.3. The van der Waals surface area contributed by atoms with Gasteiger partial charge in [-0.2, -0.15) is 0 Å². The van der Waals surface area contributed by atoms with E-state index in [-0.39, 0.29) is 11.7 Å². The van der Waals surface area contributed by atoms with E-state index in [0.717, 1.165) is 25.8 Å². The first-order valence-corrected chi connectivity index (χ1v) is 7.19. The van der Waals surface area contributed by atoms with Gasteiger partial charge in [-0.25, -0.2) is 0 Å². The number of hydrogen-bond acceptors (Lipinski definition) is 2. The molecule has 1 heterocycles. The van der Waals surface area contributed by atoms with Gasteiger partial charge >= 0.3 is 0 Å². The van der Waals surface area contributed by atoms with E-state index in [1.54, 1.807) is 0 Å². The van der Waals surface area contributed by atoms with Gasteiger partial charge in [0.15, 0.2) is 0 Å². The molecule has 0 aromatic heterocycles. The van der Waals surface area contributed by atoms with Crippen LogP contribution < -0.4 is 5.32 Å². The second kappa shape index (κ2) is 4.97. The average Bonchev–Trinajstić information content (AvgIpc) is 3.01. The van der Waals surface area contributed by atoms with Crippen molar-refractivity contribution in [2.24, 2.45) is 5.92 Å². The Labute approximate surface area is 105 Å². The van der Waals surface area contributed by atoms with Crippen molar-refractivity contribution in [2.45, 2.75) is 71.0 Å². The third-order valence-electron chi connectivity index (χ3n) is 4.06. The lowest BCUT2D eigenvalue weighted by atomic mass is 10.1. The van der Waals surface area contributed by atoms with Crippen LogP contribution in [-0.2, 0) is 4.79 Å². The summed E-state index contributed by atoms with van der Waals surface area (Å²) in [7, 11) is 0. The molecule has 1 aliphatic carbocycles. The third kappa shape index (κ3) is 2.49. The Kier molecular flexibility index (Phi) is 3.76. The summed E-state index contributed by atoms with van der Waals surface area (Å²) < 4.78 is 0. The highest BCUT2D eigenvalue weighted by Crippen LogP contribution is 2.43. The van der Waals surface area contributed by atoms with Crippen LogP contribution in [-0.4, -0.2) is 29.1 Å². The molecule has 3 heteroatoms. The summed E-state index contributed by atoms with van der Waals surface area (Å²) in [6, 6.07) is 0. The first-order chi connectivity index (χ1) is 8.10. The van der Waals surface area contributed by atoms with Crippen molar-refractivity contribution in [1.82, 2.24) is 10.2 Å². The van der Waals surface area contributed by atoms with Crippen LogP contribution in [0.1, 0.15) is 59.3 Å². The highest BCUT2D eigenvalue weighted by atomic mass is 16.2. The molecule has 2 rings (SSSR count). The zero-order chi connectivity index (χ0) is 12.5. The molecule has 1 N–H and O–H groups in total. The molecule has 0 radical (unpaired) electrons. The van der Waals surface area contributed by atoms with Crippen LogP contribution >= 0.6 is 0 Å². The Morgan fingerprint density at radius 1 is 1.35 bits per heavy atom. The van der Waals surface area contributed by atoms with Gasteiger partial charge in [0.1, 0.15) is 0 Å². The predicted octanol–water partition coefficient (Wildman–Crippen LogP) is 2.51. The van der Waals surface area contributed by atoms with Crippen LogP contribution in [0.25, 0.3) is 0 Å². The SMILES string of the molecule is CCCCCCN1C(=O)C2(CC2)NC1C(C)C. The molecule has 2 aliphatic rings. The summed E-state index contributed by atoms with van der Waals surface area (Å²) in [5, 5.41) is 3.56. The molecular weight excluding hydrogens is 212 g/mol. The third-order valence-corrected chi connectivity index (χ3v) is 4.06. The van der Waals surface area contributed by atoms with Crippen LogP contribution in [0, 0.1) is 5.92 Å². The Bertz CT molecular complexity index is 284. The van der Waals surface area contributed by atoms with Crippen LogP contribution in [0.2, 0.25) is 0 Å². The fourth-order valence-electron chi connectivity index (χ4n) is 2.78. The lowest BCUT2D eigenvalue weighted by Crippen LogP contribution is -2.42. The number of nitrogens with one attached hydrogen (secondary N) is 1. The van der Waals surface area contributed by atoms with Gasteiger partial charge < -0.3 is 4.90 Å². The van der Waals surface area contributed by atoms with Crippen molar-refractivity contribution in [3.8, 4) is 0 Å². The second-order valence-corrected chi connectivity index (χ2v) is 5.97. The second-order valence-electron chi connectivity index (χ2n) is 5.97. The van der Waals surface area contributed by atoms with E-state index < -0.39 is 0 Å². The molecular formula is C14H26N2O. The smallest absolute Gasteiger partial charge is 0.244 e.